The van der Waals surface area contributed by atoms with Crippen LogP contribution in [-0.4, -0.2) is 73.5 Å². The second-order valence-electron chi connectivity index (χ2n) is 4.53. The highest BCUT2D eigenvalue weighted by Gasteiger charge is 2.26. The van der Waals surface area contributed by atoms with Gasteiger partial charge in [0.2, 0.25) is 0 Å². The first-order chi connectivity index (χ1) is 7.71. The molecule has 1 saturated heterocycles. The number of likely N-dealkylation sites (tertiary alicyclic amines) is 1. The van der Waals surface area contributed by atoms with E-state index in [1.165, 1.54) is 6.42 Å². The molecule has 1 aliphatic heterocycles. The number of likely N-dealkylation sites (N-methyl/N-ethyl adjacent to an activating group) is 1. The molecule has 0 aromatic carbocycles. The van der Waals surface area contributed by atoms with Gasteiger partial charge in [-0.25, -0.2) is 0 Å². The fourth-order valence-corrected chi connectivity index (χ4v) is 2.56. The first-order valence-corrected chi connectivity index (χ1v) is 6.34. The molecule has 0 spiro atoms. The van der Waals surface area contributed by atoms with E-state index < -0.39 is 0 Å². The number of ether oxygens (including phenoxy) is 1. The third kappa shape index (κ3) is 4.01. The molecule has 0 bridgehead atoms. The van der Waals surface area contributed by atoms with Crippen molar-refractivity contribution in [2.45, 2.75) is 32.4 Å². The molecule has 4 nitrogen and oxygen atoms in total. The minimum atomic E-state index is -0.347. The van der Waals surface area contributed by atoms with Gasteiger partial charge in [0.1, 0.15) is 0 Å². The second-order valence-corrected chi connectivity index (χ2v) is 4.53. The number of methoxy groups -OCH3 is 1. The fourth-order valence-electron chi connectivity index (χ4n) is 2.56. The van der Waals surface area contributed by atoms with Crippen molar-refractivity contribution < 1.29 is 9.84 Å². The zero-order chi connectivity index (χ0) is 12.0. The summed E-state index contributed by atoms with van der Waals surface area (Å²) in [5.74, 6) is 0. The number of hydrogen-bond donors (Lipinski definition) is 1. The van der Waals surface area contributed by atoms with Crippen molar-refractivity contribution in [1.82, 2.24) is 9.80 Å². The Morgan fingerprint density at radius 3 is 2.69 bits per heavy atom. The van der Waals surface area contributed by atoms with Crippen LogP contribution in [-0.2, 0) is 4.74 Å². The molecule has 1 rings (SSSR count). The molecular formula is C12H26N2O2. The lowest BCUT2D eigenvalue weighted by Crippen LogP contribution is -2.39. The Bertz CT molecular complexity index is 186. The Hall–Kier alpha value is -0.160. The summed E-state index contributed by atoms with van der Waals surface area (Å²) >= 11 is 0. The van der Waals surface area contributed by atoms with E-state index in [4.69, 9.17) is 4.74 Å². The average molecular weight is 230 g/mol. The van der Waals surface area contributed by atoms with Gasteiger partial charge in [-0.05, 0) is 26.1 Å². The average Bonchev–Trinajstić information content (AvgIpc) is 2.68. The molecule has 1 aliphatic rings. The summed E-state index contributed by atoms with van der Waals surface area (Å²) in [6.45, 7) is 10.0. The molecule has 2 unspecified atom stereocenters. The van der Waals surface area contributed by atoms with Crippen LogP contribution in [0, 0.1) is 0 Å². The third-order valence-corrected chi connectivity index (χ3v) is 3.40. The molecule has 1 N–H and O–H groups in total. The first kappa shape index (κ1) is 13.9. The zero-order valence-corrected chi connectivity index (χ0v) is 10.9. The molecule has 96 valence electrons. The summed E-state index contributed by atoms with van der Waals surface area (Å²) in [6, 6.07) is 0.671. The molecule has 0 amide bonds. The monoisotopic (exact) mass is 230 g/mol. The van der Waals surface area contributed by atoms with Crippen molar-refractivity contribution >= 4 is 0 Å². The van der Waals surface area contributed by atoms with Gasteiger partial charge >= 0.3 is 0 Å². The van der Waals surface area contributed by atoms with Gasteiger partial charge in [-0.15, -0.1) is 0 Å². The predicted octanol–water partition coefficient (Wildman–Crippen LogP) is 0.410. The quantitative estimate of drug-likeness (QED) is 0.687. The van der Waals surface area contributed by atoms with E-state index in [2.05, 4.69) is 23.6 Å². The van der Waals surface area contributed by atoms with Crippen molar-refractivity contribution in [1.29, 1.82) is 0 Å². The van der Waals surface area contributed by atoms with Crippen molar-refractivity contribution in [2.24, 2.45) is 0 Å². The van der Waals surface area contributed by atoms with Gasteiger partial charge in [-0.1, -0.05) is 13.8 Å². The smallest absolute Gasteiger partial charge is 0.0900 e. The summed E-state index contributed by atoms with van der Waals surface area (Å²) < 4.78 is 4.94. The standard InChI is InChI=1S/C12H26N2O2/c1-4-14(5-2)11-6-7-13(8-11)9-12(15)10-16-3/h11-12,15H,4-10H2,1-3H3. The number of aliphatic hydroxyl groups is 1. The van der Waals surface area contributed by atoms with Crippen molar-refractivity contribution in [3.05, 3.63) is 0 Å². The van der Waals surface area contributed by atoms with Crippen LogP contribution in [0.1, 0.15) is 20.3 Å². The van der Waals surface area contributed by atoms with E-state index in [1.54, 1.807) is 7.11 Å². The van der Waals surface area contributed by atoms with E-state index in [9.17, 15) is 5.11 Å². The van der Waals surface area contributed by atoms with E-state index in [1.807, 2.05) is 0 Å². The molecule has 0 saturated carbocycles. The molecular weight excluding hydrogens is 204 g/mol. The molecule has 0 radical (unpaired) electrons. The molecule has 0 aromatic rings. The van der Waals surface area contributed by atoms with Crippen molar-refractivity contribution in [2.75, 3.05) is 46.4 Å². The highest BCUT2D eigenvalue weighted by molar-refractivity contribution is 4.83. The maximum Gasteiger partial charge on any atom is 0.0900 e. The van der Waals surface area contributed by atoms with E-state index >= 15 is 0 Å². The lowest BCUT2D eigenvalue weighted by Gasteiger charge is -2.26. The Kier molecular flexibility index (Phi) is 6.28. The number of hydrogen-bond acceptors (Lipinski definition) is 4. The van der Waals surface area contributed by atoms with Gasteiger partial charge in [0.05, 0.1) is 12.7 Å². The summed E-state index contributed by atoms with van der Waals surface area (Å²) in [4.78, 5) is 4.84. The summed E-state index contributed by atoms with van der Waals surface area (Å²) in [6.07, 6.45) is 0.877. The van der Waals surface area contributed by atoms with Gasteiger partial charge < -0.3 is 9.84 Å². The van der Waals surface area contributed by atoms with Crippen LogP contribution in [0.2, 0.25) is 0 Å². The Morgan fingerprint density at radius 1 is 1.44 bits per heavy atom. The van der Waals surface area contributed by atoms with Gasteiger partial charge in [-0.3, -0.25) is 9.80 Å². The normalized spacial score (nSPS) is 24.2. The highest BCUT2D eigenvalue weighted by Crippen LogP contribution is 2.15. The topological polar surface area (TPSA) is 35.9 Å². The fraction of sp³-hybridized carbons (Fsp3) is 1.00. The van der Waals surface area contributed by atoms with E-state index in [0.717, 1.165) is 32.7 Å². The van der Waals surface area contributed by atoms with Crippen molar-refractivity contribution in [3.63, 3.8) is 0 Å². The highest BCUT2D eigenvalue weighted by atomic mass is 16.5. The lowest BCUT2D eigenvalue weighted by atomic mass is 10.2. The number of aliphatic hydroxyl groups excluding tert-OH is 1. The molecule has 4 heteroatoms. The van der Waals surface area contributed by atoms with Crippen LogP contribution in [0.25, 0.3) is 0 Å². The van der Waals surface area contributed by atoms with Crippen LogP contribution in [0.15, 0.2) is 0 Å². The third-order valence-electron chi connectivity index (χ3n) is 3.40. The van der Waals surface area contributed by atoms with Gasteiger partial charge in [0.15, 0.2) is 0 Å². The Balaban J connectivity index is 2.29. The number of rotatable bonds is 7. The number of nitrogens with zero attached hydrogens (tertiary/aromatic N) is 2. The van der Waals surface area contributed by atoms with Crippen molar-refractivity contribution in [3.8, 4) is 0 Å². The maximum atomic E-state index is 9.67. The molecule has 2 atom stereocenters. The SMILES string of the molecule is CCN(CC)C1CCN(CC(O)COC)C1. The van der Waals surface area contributed by atoms with E-state index in [-0.39, 0.29) is 6.10 Å². The minimum Gasteiger partial charge on any atom is -0.389 e. The Labute approximate surface area is 99.2 Å². The summed E-state index contributed by atoms with van der Waals surface area (Å²) in [5.41, 5.74) is 0. The maximum absolute atomic E-state index is 9.67. The summed E-state index contributed by atoms with van der Waals surface area (Å²) in [7, 11) is 1.63. The molecule has 1 fully saturated rings. The second kappa shape index (κ2) is 7.22. The lowest BCUT2D eigenvalue weighted by molar-refractivity contribution is 0.0412. The summed E-state index contributed by atoms with van der Waals surface area (Å²) in [5, 5.41) is 9.67. The van der Waals surface area contributed by atoms with Crippen LogP contribution >= 0.6 is 0 Å². The van der Waals surface area contributed by atoms with Gasteiger partial charge in [0, 0.05) is 26.2 Å². The predicted molar refractivity (Wildman–Crippen MR) is 65.6 cm³/mol. The van der Waals surface area contributed by atoms with Crippen LogP contribution in [0.5, 0.6) is 0 Å². The first-order valence-electron chi connectivity index (χ1n) is 6.34. The molecule has 0 aliphatic carbocycles. The Morgan fingerprint density at radius 2 is 2.12 bits per heavy atom. The van der Waals surface area contributed by atoms with Crippen LogP contribution < -0.4 is 0 Å². The zero-order valence-electron chi connectivity index (χ0n) is 10.9. The molecule has 16 heavy (non-hydrogen) atoms. The van der Waals surface area contributed by atoms with Crippen LogP contribution in [0.4, 0.5) is 0 Å². The van der Waals surface area contributed by atoms with Gasteiger partial charge in [-0.2, -0.15) is 0 Å². The van der Waals surface area contributed by atoms with Crippen LogP contribution in [0.3, 0.4) is 0 Å². The minimum absolute atomic E-state index is 0.347. The molecule has 1 heterocycles. The molecule has 0 aromatic heterocycles. The van der Waals surface area contributed by atoms with E-state index in [0.29, 0.717) is 12.6 Å². The van der Waals surface area contributed by atoms with Gasteiger partial charge in [0.25, 0.3) is 0 Å². The largest absolute Gasteiger partial charge is 0.389 e. The number of β-amino-alcohol motifs (C(OH)–C–C–N with tert-alkyl or cyclic N) is 1.